The van der Waals surface area contributed by atoms with E-state index in [4.69, 9.17) is 23.2 Å². The number of rotatable bonds is 1. The average Bonchev–Trinajstić information content (AvgIpc) is 2.83. The minimum atomic E-state index is 0.603. The molecule has 2 nitrogen and oxygen atoms in total. The molecule has 0 radical (unpaired) electrons. The minimum absolute atomic E-state index is 0.603. The Hall–Kier alpha value is -1.51. The van der Waals surface area contributed by atoms with Gasteiger partial charge in [0.05, 0.1) is 15.6 Å². The zero-order valence-corrected chi connectivity index (χ0v) is 12.1. The van der Waals surface area contributed by atoms with Crippen LogP contribution < -0.4 is 0 Å². The molecule has 3 rings (SSSR count). The Morgan fingerprint density at radius 2 is 1.68 bits per heavy atom. The normalized spacial score (nSPS) is 11.2. The first-order valence-electron chi connectivity index (χ1n) is 5.97. The summed E-state index contributed by atoms with van der Waals surface area (Å²) < 4.78 is 0. The number of benzene rings is 2. The molecule has 2 aromatic carbocycles. The molecule has 0 unspecified atom stereocenters. The first-order valence-corrected chi connectivity index (χ1v) is 6.73. The summed E-state index contributed by atoms with van der Waals surface area (Å²) in [6, 6.07) is 9.77. The molecule has 0 bridgehead atoms. The number of hydrogen-bond donors (Lipinski definition) is 1. The lowest BCUT2D eigenvalue weighted by Gasteiger charge is -2.02. The Labute approximate surface area is 121 Å². The number of aromatic nitrogens is 2. The third kappa shape index (κ3) is 2.11. The number of nitrogens with zero attached hydrogens (tertiary/aromatic N) is 1. The van der Waals surface area contributed by atoms with E-state index in [-0.39, 0.29) is 0 Å². The lowest BCUT2D eigenvalue weighted by atomic mass is 10.1. The highest BCUT2D eigenvalue weighted by molar-refractivity contribution is 6.39. The predicted octanol–water partition coefficient (Wildman–Crippen LogP) is 5.15. The van der Waals surface area contributed by atoms with Gasteiger partial charge in [0, 0.05) is 5.56 Å². The number of halogens is 2. The van der Waals surface area contributed by atoms with Gasteiger partial charge in [0.1, 0.15) is 11.3 Å². The molecule has 0 fully saturated rings. The van der Waals surface area contributed by atoms with Crippen LogP contribution in [0.3, 0.4) is 0 Å². The fourth-order valence-corrected chi connectivity index (χ4v) is 2.45. The van der Waals surface area contributed by atoms with Gasteiger partial charge < -0.3 is 4.98 Å². The number of H-pyrrole nitrogens is 1. The molecule has 19 heavy (non-hydrogen) atoms. The largest absolute Gasteiger partial charge is 0.337 e. The van der Waals surface area contributed by atoms with Gasteiger partial charge >= 0.3 is 0 Å². The second-order valence-corrected chi connectivity index (χ2v) is 5.45. The third-order valence-corrected chi connectivity index (χ3v) is 3.95. The molecule has 4 heteroatoms. The highest BCUT2D eigenvalue weighted by Gasteiger charge is 2.11. The Morgan fingerprint density at radius 1 is 0.947 bits per heavy atom. The van der Waals surface area contributed by atoms with E-state index in [2.05, 4.69) is 35.9 Å². The number of nitrogens with one attached hydrogen (secondary N) is 1. The van der Waals surface area contributed by atoms with Crippen molar-refractivity contribution < 1.29 is 0 Å². The Balaban J connectivity index is 2.23. The van der Waals surface area contributed by atoms with Crippen LogP contribution in [0.4, 0.5) is 0 Å². The van der Waals surface area contributed by atoms with Crippen molar-refractivity contribution in [2.24, 2.45) is 0 Å². The average molecular weight is 291 g/mol. The maximum absolute atomic E-state index is 6.16. The Bertz CT molecular complexity index is 736. The topological polar surface area (TPSA) is 28.7 Å². The molecule has 0 aliphatic carbocycles. The summed E-state index contributed by atoms with van der Waals surface area (Å²) in [5.41, 5.74) is 5.02. The van der Waals surface area contributed by atoms with E-state index < -0.39 is 0 Å². The number of aromatic amines is 1. The standard InChI is InChI=1S/C15H12Cl2N2/c1-8-3-4-10(7-9(8)2)15-18-13-11(16)5-6-12(17)14(13)19-15/h3-7H,1-2H3,(H,18,19). The molecule has 96 valence electrons. The minimum Gasteiger partial charge on any atom is -0.337 e. The van der Waals surface area contributed by atoms with Gasteiger partial charge in [-0.15, -0.1) is 0 Å². The summed E-state index contributed by atoms with van der Waals surface area (Å²) >= 11 is 12.3. The fourth-order valence-electron chi connectivity index (χ4n) is 2.05. The van der Waals surface area contributed by atoms with Gasteiger partial charge in [-0.3, -0.25) is 0 Å². The molecular weight excluding hydrogens is 279 g/mol. The monoisotopic (exact) mass is 290 g/mol. The molecule has 0 atom stereocenters. The highest BCUT2D eigenvalue weighted by Crippen LogP contribution is 2.31. The fraction of sp³-hybridized carbons (Fsp3) is 0.133. The van der Waals surface area contributed by atoms with Crippen molar-refractivity contribution in [3.8, 4) is 11.4 Å². The van der Waals surface area contributed by atoms with Crippen LogP contribution in [0.5, 0.6) is 0 Å². The van der Waals surface area contributed by atoms with Crippen molar-refractivity contribution >= 4 is 34.2 Å². The summed E-state index contributed by atoms with van der Waals surface area (Å²) in [5, 5.41) is 1.23. The molecule has 1 N–H and O–H groups in total. The number of imidazole rings is 1. The highest BCUT2D eigenvalue weighted by atomic mass is 35.5. The van der Waals surface area contributed by atoms with Crippen LogP contribution in [0, 0.1) is 13.8 Å². The van der Waals surface area contributed by atoms with E-state index in [0.717, 1.165) is 16.9 Å². The van der Waals surface area contributed by atoms with Crippen LogP contribution in [0.15, 0.2) is 30.3 Å². The van der Waals surface area contributed by atoms with Gasteiger partial charge in [0.15, 0.2) is 0 Å². The van der Waals surface area contributed by atoms with E-state index in [0.29, 0.717) is 15.6 Å². The molecule has 1 aromatic heterocycles. The molecule has 0 saturated heterocycles. The molecule has 0 aliphatic heterocycles. The Kier molecular flexibility index (Phi) is 3.00. The second kappa shape index (κ2) is 4.55. The molecule has 0 amide bonds. The molecular formula is C15H12Cl2N2. The van der Waals surface area contributed by atoms with Gasteiger partial charge in [-0.05, 0) is 43.2 Å². The molecule has 0 saturated carbocycles. The van der Waals surface area contributed by atoms with E-state index in [1.54, 1.807) is 12.1 Å². The van der Waals surface area contributed by atoms with E-state index in [9.17, 15) is 0 Å². The number of fused-ring (bicyclic) bond motifs is 1. The van der Waals surface area contributed by atoms with Crippen LogP contribution >= 0.6 is 23.2 Å². The smallest absolute Gasteiger partial charge is 0.138 e. The van der Waals surface area contributed by atoms with Crippen molar-refractivity contribution in [2.75, 3.05) is 0 Å². The second-order valence-electron chi connectivity index (χ2n) is 4.64. The van der Waals surface area contributed by atoms with Gasteiger partial charge in [0.25, 0.3) is 0 Å². The summed E-state index contributed by atoms with van der Waals surface area (Å²) in [4.78, 5) is 7.78. The van der Waals surface area contributed by atoms with Crippen molar-refractivity contribution in [2.45, 2.75) is 13.8 Å². The molecule has 1 heterocycles. The van der Waals surface area contributed by atoms with Crippen molar-refractivity contribution in [1.29, 1.82) is 0 Å². The van der Waals surface area contributed by atoms with Crippen molar-refractivity contribution in [3.05, 3.63) is 51.5 Å². The first-order chi connectivity index (χ1) is 9.06. The summed E-state index contributed by atoms with van der Waals surface area (Å²) in [6.45, 7) is 4.17. The number of aryl methyl sites for hydroxylation is 2. The third-order valence-electron chi connectivity index (χ3n) is 3.33. The predicted molar refractivity (Wildman–Crippen MR) is 81.0 cm³/mol. The van der Waals surface area contributed by atoms with Gasteiger partial charge in [-0.25, -0.2) is 4.98 Å². The zero-order chi connectivity index (χ0) is 13.6. The Morgan fingerprint density at radius 3 is 2.37 bits per heavy atom. The summed E-state index contributed by atoms with van der Waals surface area (Å²) in [7, 11) is 0. The van der Waals surface area contributed by atoms with Crippen LogP contribution in [-0.4, -0.2) is 9.97 Å². The first kappa shape index (κ1) is 12.5. The van der Waals surface area contributed by atoms with Crippen LogP contribution in [0.1, 0.15) is 11.1 Å². The quantitative estimate of drug-likeness (QED) is 0.659. The molecule has 0 spiro atoms. The van der Waals surface area contributed by atoms with Gasteiger partial charge in [-0.2, -0.15) is 0 Å². The van der Waals surface area contributed by atoms with Crippen LogP contribution in [0.2, 0.25) is 10.0 Å². The zero-order valence-electron chi connectivity index (χ0n) is 10.6. The lowest BCUT2D eigenvalue weighted by Crippen LogP contribution is -1.84. The van der Waals surface area contributed by atoms with E-state index in [1.807, 2.05) is 6.07 Å². The van der Waals surface area contributed by atoms with Gasteiger partial charge in [0.2, 0.25) is 0 Å². The summed E-state index contributed by atoms with van der Waals surface area (Å²) in [6.07, 6.45) is 0. The van der Waals surface area contributed by atoms with Crippen molar-refractivity contribution in [3.63, 3.8) is 0 Å². The van der Waals surface area contributed by atoms with Crippen LogP contribution in [0.25, 0.3) is 22.4 Å². The maximum atomic E-state index is 6.16. The van der Waals surface area contributed by atoms with E-state index in [1.165, 1.54) is 11.1 Å². The van der Waals surface area contributed by atoms with Crippen LogP contribution in [-0.2, 0) is 0 Å². The van der Waals surface area contributed by atoms with E-state index >= 15 is 0 Å². The number of hydrogen-bond acceptors (Lipinski definition) is 1. The van der Waals surface area contributed by atoms with Gasteiger partial charge in [-0.1, -0.05) is 35.3 Å². The molecule has 0 aliphatic rings. The van der Waals surface area contributed by atoms with Crippen molar-refractivity contribution in [1.82, 2.24) is 9.97 Å². The SMILES string of the molecule is Cc1ccc(-c2nc3c(Cl)ccc(Cl)c3[nH]2)cc1C. The summed E-state index contributed by atoms with van der Waals surface area (Å²) in [5.74, 6) is 0.785. The lowest BCUT2D eigenvalue weighted by molar-refractivity contribution is 1.29. The molecule has 3 aromatic rings. The maximum Gasteiger partial charge on any atom is 0.138 e.